The highest BCUT2D eigenvalue weighted by atomic mass is 32.2. The van der Waals surface area contributed by atoms with Crippen molar-refractivity contribution in [1.82, 2.24) is 0 Å². The molecule has 0 amide bonds. The fourth-order valence-corrected chi connectivity index (χ4v) is 3.59. The van der Waals surface area contributed by atoms with Crippen LogP contribution in [-0.2, 0) is 10.8 Å². The first kappa shape index (κ1) is 17.6. The average molecular weight is 302 g/mol. The van der Waals surface area contributed by atoms with Crippen LogP contribution in [0.4, 0.5) is 0 Å². The summed E-state index contributed by atoms with van der Waals surface area (Å²) in [6, 6.07) is 7.94. The number of allylic oxidation sites excluding steroid dienone is 4. The standard InChI is InChI=1S/C19H26OS/c1-5-8-11-17(9-6-2)19(10-7-3)21(20)18-14-12-16(4)13-15-18/h6-7,12-15H,2-3,5,8-11H2,1,4H3/b19-17-/t21-/m0/s1. The lowest BCUT2D eigenvalue weighted by Gasteiger charge is -2.13. The van der Waals surface area contributed by atoms with Gasteiger partial charge in [0, 0.05) is 9.80 Å². The molecule has 0 saturated carbocycles. The van der Waals surface area contributed by atoms with Crippen LogP contribution < -0.4 is 0 Å². The second-order valence-corrected chi connectivity index (χ2v) is 6.70. The first-order chi connectivity index (χ1) is 10.1. The van der Waals surface area contributed by atoms with E-state index in [0.717, 1.165) is 35.5 Å². The Labute approximate surface area is 131 Å². The smallest absolute Gasteiger partial charge is 0.0811 e. The van der Waals surface area contributed by atoms with Crippen molar-refractivity contribution < 1.29 is 4.21 Å². The van der Waals surface area contributed by atoms with Gasteiger partial charge in [-0.3, -0.25) is 0 Å². The molecule has 1 rings (SSSR count). The van der Waals surface area contributed by atoms with E-state index in [4.69, 9.17) is 0 Å². The van der Waals surface area contributed by atoms with Crippen LogP contribution in [0.15, 0.2) is 64.9 Å². The lowest BCUT2D eigenvalue weighted by Crippen LogP contribution is -2.01. The van der Waals surface area contributed by atoms with Gasteiger partial charge in [0.1, 0.15) is 0 Å². The zero-order valence-electron chi connectivity index (χ0n) is 13.2. The van der Waals surface area contributed by atoms with Gasteiger partial charge in [-0.2, -0.15) is 0 Å². The molecule has 0 saturated heterocycles. The number of hydrogen-bond acceptors (Lipinski definition) is 1. The molecule has 114 valence electrons. The summed E-state index contributed by atoms with van der Waals surface area (Å²) in [5, 5.41) is 0. The van der Waals surface area contributed by atoms with Gasteiger partial charge in [0.25, 0.3) is 0 Å². The minimum atomic E-state index is -1.10. The first-order valence-corrected chi connectivity index (χ1v) is 8.70. The van der Waals surface area contributed by atoms with Crippen molar-refractivity contribution in [2.45, 2.75) is 50.8 Å². The van der Waals surface area contributed by atoms with Crippen LogP contribution in [0, 0.1) is 6.92 Å². The molecular weight excluding hydrogens is 276 g/mol. The quantitative estimate of drug-likeness (QED) is 0.535. The molecule has 0 aliphatic rings. The molecule has 1 atom stereocenters. The fraction of sp³-hybridized carbons (Fsp3) is 0.368. The molecule has 1 aromatic carbocycles. The Hall–Kier alpha value is -1.41. The Morgan fingerprint density at radius 1 is 1.14 bits per heavy atom. The van der Waals surface area contributed by atoms with E-state index in [2.05, 4.69) is 20.1 Å². The Bertz CT molecular complexity index is 523. The highest BCUT2D eigenvalue weighted by molar-refractivity contribution is 7.89. The first-order valence-electron chi connectivity index (χ1n) is 7.55. The van der Waals surface area contributed by atoms with Crippen molar-refractivity contribution in [2.75, 3.05) is 0 Å². The molecule has 0 radical (unpaired) electrons. The highest BCUT2D eigenvalue weighted by Gasteiger charge is 2.14. The Balaban J connectivity index is 3.16. The lowest BCUT2D eigenvalue weighted by atomic mass is 10.0. The molecule has 1 aromatic rings. The van der Waals surface area contributed by atoms with E-state index in [9.17, 15) is 4.21 Å². The van der Waals surface area contributed by atoms with Crippen LogP contribution in [0.5, 0.6) is 0 Å². The van der Waals surface area contributed by atoms with Crippen LogP contribution in [-0.4, -0.2) is 4.21 Å². The van der Waals surface area contributed by atoms with Gasteiger partial charge in [-0.05, 0) is 44.7 Å². The average Bonchev–Trinajstić information content (AvgIpc) is 2.49. The largest absolute Gasteiger partial charge is 0.249 e. The summed E-state index contributed by atoms with van der Waals surface area (Å²) in [7, 11) is -1.10. The van der Waals surface area contributed by atoms with Gasteiger partial charge >= 0.3 is 0 Å². The van der Waals surface area contributed by atoms with Gasteiger partial charge < -0.3 is 0 Å². The maximum absolute atomic E-state index is 12.9. The van der Waals surface area contributed by atoms with Crippen molar-refractivity contribution in [2.24, 2.45) is 0 Å². The molecule has 2 heteroatoms. The van der Waals surface area contributed by atoms with Gasteiger partial charge in [0.05, 0.1) is 10.8 Å². The molecule has 0 aliphatic carbocycles. The highest BCUT2D eigenvalue weighted by Crippen LogP contribution is 2.26. The Kier molecular flexibility index (Phi) is 7.99. The normalized spacial score (nSPS) is 13.4. The van der Waals surface area contributed by atoms with Crippen molar-refractivity contribution in [1.29, 1.82) is 0 Å². The van der Waals surface area contributed by atoms with Crippen molar-refractivity contribution >= 4 is 10.8 Å². The summed E-state index contributed by atoms with van der Waals surface area (Å²) in [5.41, 5.74) is 2.44. The monoisotopic (exact) mass is 302 g/mol. The van der Waals surface area contributed by atoms with E-state index < -0.39 is 10.8 Å². The summed E-state index contributed by atoms with van der Waals surface area (Å²) in [5.74, 6) is 0. The van der Waals surface area contributed by atoms with Gasteiger partial charge in [0.15, 0.2) is 0 Å². The molecule has 0 N–H and O–H groups in total. The Morgan fingerprint density at radius 2 is 1.76 bits per heavy atom. The molecule has 0 fully saturated rings. The zero-order valence-corrected chi connectivity index (χ0v) is 14.0. The van der Waals surface area contributed by atoms with E-state index in [0.29, 0.717) is 6.42 Å². The maximum Gasteiger partial charge on any atom is 0.0811 e. The van der Waals surface area contributed by atoms with Gasteiger partial charge in [-0.15, -0.1) is 13.2 Å². The van der Waals surface area contributed by atoms with E-state index in [1.54, 1.807) is 0 Å². The zero-order chi connectivity index (χ0) is 15.7. The number of rotatable bonds is 9. The second-order valence-electron chi connectivity index (χ2n) is 5.20. The molecule has 0 spiro atoms. The van der Waals surface area contributed by atoms with Crippen molar-refractivity contribution in [3.8, 4) is 0 Å². The third-order valence-electron chi connectivity index (χ3n) is 3.41. The van der Waals surface area contributed by atoms with Crippen LogP contribution in [0.2, 0.25) is 0 Å². The van der Waals surface area contributed by atoms with Crippen LogP contribution >= 0.6 is 0 Å². The topological polar surface area (TPSA) is 17.1 Å². The molecule has 0 unspecified atom stereocenters. The van der Waals surface area contributed by atoms with Crippen LogP contribution in [0.1, 0.15) is 44.6 Å². The summed E-state index contributed by atoms with van der Waals surface area (Å²) >= 11 is 0. The van der Waals surface area contributed by atoms with Gasteiger partial charge in [0.2, 0.25) is 0 Å². The molecule has 0 heterocycles. The maximum atomic E-state index is 12.9. The van der Waals surface area contributed by atoms with Crippen LogP contribution in [0.25, 0.3) is 0 Å². The predicted molar refractivity (Wildman–Crippen MR) is 93.8 cm³/mol. The molecule has 21 heavy (non-hydrogen) atoms. The third-order valence-corrected chi connectivity index (χ3v) is 5.01. The molecule has 0 aliphatic heterocycles. The third kappa shape index (κ3) is 5.47. The number of hydrogen-bond donors (Lipinski definition) is 0. The van der Waals surface area contributed by atoms with Crippen molar-refractivity contribution in [3.63, 3.8) is 0 Å². The van der Waals surface area contributed by atoms with E-state index in [-0.39, 0.29) is 0 Å². The molecule has 1 nitrogen and oxygen atoms in total. The summed E-state index contributed by atoms with van der Waals surface area (Å²) in [4.78, 5) is 1.87. The number of benzene rings is 1. The van der Waals surface area contributed by atoms with E-state index in [1.165, 1.54) is 11.1 Å². The number of unbranched alkanes of at least 4 members (excludes halogenated alkanes) is 1. The van der Waals surface area contributed by atoms with Crippen LogP contribution in [0.3, 0.4) is 0 Å². The van der Waals surface area contributed by atoms with Gasteiger partial charge in [-0.25, -0.2) is 4.21 Å². The molecule has 0 aromatic heterocycles. The Morgan fingerprint density at radius 3 is 2.29 bits per heavy atom. The van der Waals surface area contributed by atoms with Gasteiger partial charge in [-0.1, -0.05) is 48.8 Å². The summed E-state index contributed by atoms with van der Waals surface area (Å²) < 4.78 is 12.9. The van der Waals surface area contributed by atoms with Crippen molar-refractivity contribution in [3.05, 3.63) is 65.6 Å². The molecule has 0 bridgehead atoms. The summed E-state index contributed by atoms with van der Waals surface area (Å²) in [6.45, 7) is 11.9. The fourth-order valence-electron chi connectivity index (χ4n) is 2.21. The van der Waals surface area contributed by atoms with E-state index in [1.807, 2.05) is 43.3 Å². The lowest BCUT2D eigenvalue weighted by molar-refractivity contribution is 0.684. The summed E-state index contributed by atoms with van der Waals surface area (Å²) in [6.07, 6.45) is 8.47. The molecular formula is C19H26OS. The SMILES string of the molecule is C=CC/C(CCCC)=C(\CC=C)[S@@](=O)c1ccc(C)cc1. The minimum Gasteiger partial charge on any atom is -0.249 e. The van der Waals surface area contributed by atoms with E-state index >= 15 is 0 Å². The predicted octanol–water partition coefficient (Wildman–Crippen LogP) is 5.70. The number of aryl methyl sites for hydroxylation is 1. The second kappa shape index (κ2) is 9.51. The minimum absolute atomic E-state index is 0.674.